The highest BCUT2D eigenvalue weighted by atomic mass is 14.7. The van der Waals surface area contributed by atoms with Gasteiger partial charge in [-0.2, -0.15) is 0 Å². The summed E-state index contributed by atoms with van der Waals surface area (Å²) in [5.41, 5.74) is 5.82. The quantitative estimate of drug-likeness (QED) is 0.635. The van der Waals surface area contributed by atoms with Crippen LogP contribution in [0.5, 0.6) is 0 Å². The second kappa shape index (κ2) is 2.94. The topological polar surface area (TPSA) is 12.9 Å². The molecule has 2 aliphatic carbocycles. The van der Waals surface area contributed by atoms with Gasteiger partial charge < -0.3 is 0 Å². The Bertz CT molecular complexity index is 572. The van der Waals surface area contributed by atoms with Crippen molar-refractivity contribution in [1.82, 2.24) is 4.98 Å². The Hall–Kier alpha value is -1.63. The van der Waals surface area contributed by atoms with Crippen molar-refractivity contribution in [3.8, 4) is 0 Å². The van der Waals surface area contributed by atoms with Gasteiger partial charge in [0.25, 0.3) is 0 Å². The summed E-state index contributed by atoms with van der Waals surface area (Å²) >= 11 is 0. The summed E-state index contributed by atoms with van der Waals surface area (Å²) in [6, 6.07) is 8.76. The molecule has 0 amide bonds. The molecule has 1 nitrogen and oxygen atoms in total. The summed E-state index contributed by atoms with van der Waals surface area (Å²) in [7, 11) is 0. The molecule has 78 valence electrons. The van der Waals surface area contributed by atoms with Crippen molar-refractivity contribution in [2.75, 3.05) is 0 Å². The number of pyridine rings is 1. The second-order valence-electron chi connectivity index (χ2n) is 4.73. The second-order valence-corrected chi connectivity index (χ2v) is 4.73. The van der Waals surface area contributed by atoms with E-state index in [0.717, 1.165) is 0 Å². The highest BCUT2D eigenvalue weighted by Crippen LogP contribution is 2.47. The Morgan fingerprint density at radius 1 is 0.938 bits per heavy atom. The average Bonchev–Trinajstić information content (AvgIpc) is 2.68. The fraction of sp³-hybridized carbons (Fsp3) is 0.267. The zero-order valence-electron chi connectivity index (χ0n) is 9.16. The molecule has 1 aromatic heterocycles. The fourth-order valence-electron chi connectivity index (χ4n) is 3.17. The van der Waals surface area contributed by atoms with Gasteiger partial charge in [-0.25, -0.2) is 0 Å². The SMILES string of the molecule is c1cc2c3c(nccc3c1)C1=C2CCCC1. The van der Waals surface area contributed by atoms with E-state index in [2.05, 4.69) is 29.2 Å². The van der Waals surface area contributed by atoms with E-state index in [1.54, 1.807) is 5.57 Å². The predicted octanol–water partition coefficient (Wildman–Crippen LogP) is 4.03. The lowest BCUT2D eigenvalue weighted by Gasteiger charge is -2.14. The van der Waals surface area contributed by atoms with Crippen LogP contribution < -0.4 is 0 Å². The molecule has 0 fully saturated rings. The van der Waals surface area contributed by atoms with Gasteiger partial charge in [0, 0.05) is 11.6 Å². The largest absolute Gasteiger partial charge is 0.256 e. The number of allylic oxidation sites excluding steroid dienone is 2. The first-order valence-electron chi connectivity index (χ1n) is 6.05. The highest BCUT2D eigenvalue weighted by molar-refractivity contribution is 6.12. The van der Waals surface area contributed by atoms with Gasteiger partial charge in [0.2, 0.25) is 0 Å². The molecule has 0 bridgehead atoms. The van der Waals surface area contributed by atoms with Crippen LogP contribution in [0.4, 0.5) is 0 Å². The molecule has 1 aromatic carbocycles. The molecular weight excluding hydrogens is 194 g/mol. The molecule has 0 unspecified atom stereocenters. The molecule has 0 saturated heterocycles. The van der Waals surface area contributed by atoms with E-state index in [1.165, 1.54) is 53.3 Å². The minimum atomic E-state index is 1.22. The van der Waals surface area contributed by atoms with E-state index >= 15 is 0 Å². The van der Waals surface area contributed by atoms with Crippen molar-refractivity contribution >= 4 is 21.9 Å². The molecule has 0 atom stereocenters. The first-order chi connectivity index (χ1) is 7.95. The van der Waals surface area contributed by atoms with Gasteiger partial charge in [-0.15, -0.1) is 0 Å². The summed E-state index contributed by atoms with van der Waals surface area (Å²) in [6.45, 7) is 0. The van der Waals surface area contributed by atoms with Crippen molar-refractivity contribution in [1.29, 1.82) is 0 Å². The molecule has 1 heterocycles. The Labute approximate surface area is 94.8 Å². The van der Waals surface area contributed by atoms with Gasteiger partial charge in [-0.1, -0.05) is 18.2 Å². The zero-order valence-corrected chi connectivity index (χ0v) is 9.16. The number of nitrogens with zero attached hydrogens (tertiary/aromatic N) is 1. The van der Waals surface area contributed by atoms with Gasteiger partial charge in [0.1, 0.15) is 0 Å². The number of aromatic nitrogens is 1. The van der Waals surface area contributed by atoms with E-state index in [0.29, 0.717) is 0 Å². The third kappa shape index (κ3) is 0.934. The molecule has 0 saturated carbocycles. The molecule has 1 heteroatoms. The number of benzene rings is 1. The predicted molar refractivity (Wildman–Crippen MR) is 67.0 cm³/mol. The van der Waals surface area contributed by atoms with Crippen LogP contribution in [0.25, 0.3) is 21.9 Å². The maximum absolute atomic E-state index is 4.60. The van der Waals surface area contributed by atoms with Crippen LogP contribution in [0.2, 0.25) is 0 Å². The number of fused-ring (bicyclic) bond motifs is 2. The average molecular weight is 207 g/mol. The van der Waals surface area contributed by atoms with Crippen molar-refractivity contribution in [3.63, 3.8) is 0 Å². The summed E-state index contributed by atoms with van der Waals surface area (Å²) in [6.07, 6.45) is 7.07. The zero-order chi connectivity index (χ0) is 10.5. The van der Waals surface area contributed by atoms with Crippen LogP contribution in [0, 0.1) is 0 Å². The van der Waals surface area contributed by atoms with E-state index in [1.807, 2.05) is 6.20 Å². The normalized spacial score (nSPS) is 18.0. The maximum Gasteiger partial charge on any atom is 0.0749 e. The van der Waals surface area contributed by atoms with E-state index < -0.39 is 0 Å². The molecule has 16 heavy (non-hydrogen) atoms. The Morgan fingerprint density at radius 3 is 2.75 bits per heavy atom. The third-order valence-electron chi connectivity index (χ3n) is 3.87. The number of hydrogen-bond donors (Lipinski definition) is 0. The standard InChI is InChI=1S/C15H13N/c1-2-6-13-11(5-1)12-7-3-4-10-8-9-16-15(13)14(10)12/h3-4,7-9H,1-2,5-6H2. The van der Waals surface area contributed by atoms with Crippen LogP contribution in [-0.4, -0.2) is 4.98 Å². The Balaban J connectivity index is 2.16. The smallest absolute Gasteiger partial charge is 0.0749 e. The lowest BCUT2D eigenvalue weighted by Crippen LogP contribution is -1.94. The summed E-state index contributed by atoms with van der Waals surface area (Å²) in [5.74, 6) is 0. The third-order valence-corrected chi connectivity index (χ3v) is 3.87. The monoisotopic (exact) mass is 207 g/mol. The number of rotatable bonds is 0. The molecule has 4 rings (SSSR count). The molecule has 0 aliphatic heterocycles. The maximum atomic E-state index is 4.60. The summed E-state index contributed by atoms with van der Waals surface area (Å²) in [4.78, 5) is 4.60. The lowest BCUT2D eigenvalue weighted by molar-refractivity contribution is 0.755. The number of hydrogen-bond acceptors (Lipinski definition) is 1. The van der Waals surface area contributed by atoms with Crippen molar-refractivity contribution < 1.29 is 0 Å². The lowest BCUT2D eigenvalue weighted by atomic mass is 9.91. The van der Waals surface area contributed by atoms with E-state index in [4.69, 9.17) is 0 Å². The van der Waals surface area contributed by atoms with Crippen LogP contribution in [0.1, 0.15) is 36.9 Å². The van der Waals surface area contributed by atoms with Gasteiger partial charge in [-0.3, -0.25) is 4.98 Å². The van der Waals surface area contributed by atoms with Crippen LogP contribution in [-0.2, 0) is 0 Å². The molecule has 0 spiro atoms. The van der Waals surface area contributed by atoms with Crippen LogP contribution in [0.15, 0.2) is 30.5 Å². The van der Waals surface area contributed by atoms with Gasteiger partial charge in [-0.05, 0) is 53.8 Å². The van der Waals surface area contributed by atoms with Gasteiger partial charge in [0.05, 0.1) is 5.69 Å². The first kappa shape index (κ1) is 8.51. The van der Waals surface area contributed by atoms with Crippen molar-refractivity contribution in [3.05, 3.63) is 41.7 Å². The van der Waals surface area contributed by atoms with Crippen molar-refractivity contribution in [2.24, 2.45) is 0 Å². The van der Waals surface area contributed by atoms with E-state index in [9.17, 15) is 0 Å². The molecule has 2 aliphatic rings. The molecule has 0 N–H and O–H groups in total. The molecule has 0 radical (unpaired) electrons. The van der Waals surface area contributed by atoms with Crippen LogP contribution in [0.3, 0.4) is 0 Å². The highest BCUT2D eigenvalue weighted by Gasteiger charge is 2.26. The van der Waals surface area contributed by atoms with Gasteiger partial charge >= 0.3 is 0 Å². The van der Waals surface area contributed by atoms with Gasteiger partial charge in [0.15, 0.2) is 0 Å². The summed E-state index contributed by atoms with van der Waals surface area (Å²) < 4.78 is 0. The van der Waals surface area contributed by atoms with Crippen molar-refractivity contribution in [2.45, 2.75) is 25.7 Å². The Morgan fingerprint density at radius 2 is 1.81 bits per heavy atom. The molecular formula is C15H13N. The minimum absolute atomic E-state index is 1.22. The fourth-order valence-corrected chi connectivity index (χ4v) is 3.17. The first-order valence-corrected chi connectivity index (χ1v) is 6.05. The summed E-state index contributed by atoms with van der Waals surface area (Å²) in [5, 5.41) is 2.74. The van der Waals surface area contributed by atoms with E-state index in [-0.39, 0.29) is 0 Å². The van der Waals surface area contributed by atoms with Crippen LogP contribution >= 0.6 is 0 Å². The Kier molecular flexibility index (Phi) is 1.57. The molecule has 2 aromatic rings. The minimum Gasteiger partial charge on any atom is -0.256 e.